The number of rotatable bonds is 4. The highest BCUT2D eigenvalue weighted by molar-refractivity contribution is 9.10. The van der Waals surface area contributed by atoms with Crippen LogP contribution in [0.1, 0.15) is 29.2 Å². The van der Waals surface area contributed by atoms with Crippen LogP contribution in [0.3, 0.4) is 0 Å². The Morgan fingerprint density at radius 3 is 2.32 bits per heavy atom. The van der Waals surface area contributed by atoms with Gasteiger partial charge in [0, 0.05) is 4.47 Å². The van der Waals surface area contributed by atoms with Crippen LogP contribution in [0.5, 0.6) is 0 Å². The van der Waals surface area contributed by atoms with Crippen molar-refractivity contribution in [3.8, 4) is 0 Å². The number of aliphatic hydroxyl groups excluding tert-OH is 1. The maximum atomic E-state index is 9.40. The zero-order valence-electron chi connectivity index (χ0n) is 12.6. The molecule has 3 rings (SSSR count). The highest BCUT2D eigenvalue weighted by atomic mass is 79.9. The predicted octanol–water partition coefficient (Wildman–Crippen LogP) is 5.25. The summed E-state index contributed by atoms with van der Waals surface area (Å²) in [5.41, 5.74) is 4.94. The third kappa shape index (κ3) is 3.08. The molecule has 0 aliphatic carbocycles. The summed E-state index contributed by atoms with van der Waals surface area (Å²) in [6.45, 7) is 2.23. The quantitative estimate of drug-likeness (QED) is 0.678. The van der Waals surface area contributed by atoms with Crippen molar-refractivity contribution in [2.24, 2.45) is 0 Å². The number of hydrogen-bond acceptors (Lipinski definition) is 1. The lowest BCUT2D eigenvalue weighted by Crippen LogP contribution is -1.93. The molecule has 1 N–H and O–H groups in total. The van der Waals surface area contributed by atoms with E-state index in [4.69, 9.17) is 0 Å². The fourth-order valence-corrected chi connectivity index (χ4v) is 3.27. The lowest BCUT2D eigenvalue weighted by atomic mass is 9.96. The summed E-state index contributed by atoms with van der Waals surface area (Å²) >= 11 is 3.56. The number of aryl methyl sites for hydroxylation is 1. The van der Waals surface area contributed by atoms with Crippen LogP contribution in [0.25, 0.3) is 10.8 Å². The van der Waals surface area contributed by atoms with Gasteiger partial charge in [-0.25, -0.2) is 0 Å². The van der Waals surface area contributed by atoms with E-state index in [9.17, 15) is 5.11 Å². The van der Waals surface area contributed by atoms with E-state index in [-0.39, 0.29) is 6.61 Å². The van der Waals surface area contributed by atoms with Crippen molar-refractivity contribution in [3.63, 3.8) is 0 Å². The normalized spacial score (nSPS) is 11.0. The molecular formula is C20H19BrO. The summed E-state index contributed by atoms with van der Waals surface area (Å²) in [7, 11) is 0. The zero-order chi connectivity index (χ0) is 15.5. The fraction of sp³-hybridized carbons (Fsp3) is 0.200. The summed E-state index contributed by atoms with van der Waals surface area (Å²) in [5, 5.41) is 11.8. The summed E-state index contributed by atoms with van der Waals surface area (Å²) in [4.78, 5) is 0. The van der Waals surface area contributed by atoms with Gasteiger partial charge >= 0.3 is 0 Å². The van der Waals surface area contributed by atoms with Gasteiger partial charge in [0.05, 0.1) is 6.61 Å². The monoisotopic (exact) mass is 354 g/mol. The molecule has 0 heterocycles. The van der Waals surface area contributed by atoms with Crippen LogP contribution in [-0.2, 0) is 19.4 Å². The number of aliphatic hydroxyl groups is 1. The zero-order valence-corrected chi connectivity index (χ0v) is 14.2. The van der Waals surface area contributed by atoms with Crippen LogP contribution >= 0.6 is 15.9 Å². The van der Waals surface area contributed by atoms with E-state index in [0.29, 0.717) is 0 Å². The Morgan fingerprint density at radius 2 is 1.64 bits per heavy atom. The van der Waals surface area contributed by atoms with E-state index in [0.717, 1.165) is 22.9 Å². The van der Waals surface area contributed by atoms with Gasteiger partial charge in [0.25, 0.3) is 0 Å². The van der Waals surface area contributed by atoms with Crippen molar-refractivity contribution < 1.29 is 5.11 Å². The lowest BCUT2D eigenvalue weighted by molar-refractivity contribution is 0.281. The third-order valence-corrected chi connectivity index (χ3v) is 4.87. The van der Waals surface area contributed by atoms with E-state index in [1.807, 2.05) is 0 Å². The summed E-state index contributed by atoms with van der Waals surface area (Å²) in [6, 6.07) is 19.4. The maximum Gasteiger partial charge on any atom is 0.0693 e. The summed E-state index contributed by atoms with van der Waals surface area (Å²) in [6.07, 6.45) is 2.00. The Hall–Kier alpha value is -1.64. The van der Waals surface area contributed by atoms with Crippen LogP contribution in [0.2, 0.25) is 0 Å². The van der Waals surface area contributed by atoms with E-state index in [1.54, 1.807) is 0 Å². The minimum absolute atomic E-state index is 0.0548. The highest BCUT2D eigenvalue weighted by Gasteiger charge is 2.06. The van der Waals surface area contributed by atoms with Crippen LogP contribution < -0.4 is 0 Å². The number of hydrogen-bond donors (Lipinski definition) is 1. The first-order valence-electron chi connectivity index (χ1n) is 7.60. The van der Waals surface area contributed by atoms with E-state index in [1.165, 1.54) is 27.5 Å². The van der Waals surface area contributed by atoms with Gasteiger partial charge in [0.1, 0.15) is 0 Å². The van der Waals surface area contributed by atoms with E-state index < -0.39 is 0 Å². The first kappa shape index (κ1) is 15.3. The van der Waals surface area contributed by atoms with Crippen molar-refractivity contribution in [1.29, 1.82) is 0 Å². The molecule has 0 spiro atoms. The molecule has 3 aromatic carbocycles. The molecule has 2 heteroatoms. The van der Waals surface area contributed by atoms with Gasteiger partial charge < -0.3 is 5.11 Å². The molecular weight excluding hydrogens is 336 g/mol. The molecule has 0 atom stereocenters. The van der Waals surface area contributed by atoms with Crippen molar-refractivity contribution in [2.75, 3.05) is 0 Å². The number of halogens is 1. The molecule has 0 bridgehead atoms. The second-order valence-electron chi connectivity index (χ2n) is 5.59. The van der Waals surface area contributed by atoms with Crippen LogP contribution in [0.4, 0.5) is 0 Å². The molecule has 0 radical (unpaired) electrons. The van der Waals surface area contributed by atoms with Gasteiger partial charge in [-0.2, -0.15) is 0 Å². The van der Waals surface area contributed by atoms with Gasteiger partial charge in [-0.1, -0.05) is 65.3 Å². The average molecular weight is 355 g/mol. The van der Waals surface area contributed by atoms with Gasteiger partial charge in [0.15, 0.2) is 0 Å². The van der Waals surface area contributed by atoms with Crippen molar-refractivity contribution >= 4 is 26.7 Å². The minimum atomic E-state index is 0.0548. The Balaban J connectivity index is 2.00. The number of fused-ring (bicyclic) bond motifs is 1. The van der Waals surface area contributed by atoms with Crippen LogP contribution in [0, 0.1) is 0 Å². The summed E-state index contributed by atoms with van der Waals surface area (Å²) in [5.74, 6) is 0. The molecule has 112 valence electrons. The van der Waals surface area contributed by atoms with Crippen LogP contribution in [-0.4, -0.2) is 5.11 Å². The Morgan fingerprint density at radius 1 is 0.909 bits per heavy atom. The molecule has 0 saturated carbocycles. The molecule has 0 aliphatic rings. The second kappa shape index (κ2) is 6.64. The van der Waals surface area contributed by atoms with Crippen molar-refractivity contribution in [2.45, 2.75) is 26.4 Å². The highest BCUT2D eigenvalue weighted by Crippen LogP contribution is 2.28. The van der Waals surface area contributed by atoms with Crippen molar-refractivity contribution in [3.05, 3.63) is 81.3 Å². The Kier molecular flexibility index (Phi) is 4.60. The molecule has 0 saturated heterocycles. The second-order valence-corrected chi connectivity index (χ2v) is 6.44. The lowest BCUT2D eigenvalue weighted by Gasteiger charge is -2.10. The van der Waals surface area contributed by atoms with E-state index >= 15 is 0 Å². The molecule has 22 heavy (non-hydrogen) atoms. The van der Waals surface area contributed by atoms with Crippen LogP contribution in [0.15, 0.2) is 59.1 Å². The topological polar surface area (TPSA) is 20.2 Å². The minimum Gasteiger partial charge on any atom is -0.392 e. The molecule has 0 fully saturated rings. The molecule has 0 aromatic heterocycles. The smallest absolute Gasteiger partial charge is 0.0693 e. The Labute approximate surface area is 139 Å². The third-order valence-electron chi connectivity index (χ3n) is 4.13. The molecule has 0 aliphatic heterocycles. The standard InChI is InChI=1S/C20H19BrO/c1-2-14-6-8-15(9-7-14)10-16-4-3-5-17-11-18(13-22)20(21)12-19(16)17/h3-9,11-12,22H,2,10,13H2,1H3. The molecule has 0 amide bonds. The maximum absolute atomic E-state index is 9.40. The van der Waals surface area contributed by atoms with Gasteiger partial charge in [0.2, 0.25) is 0 Å². The predicted molar refractivity (Wildman–Crippen MR) is 96.2 cm³/mol. The van der Waals surface area contributed by atoms with Gasteiger partial charge in [-0.15, -0.1) is 0 Å². The van der Waals surface area contributed by atoms with E-state index in [2.05, 4.69) is 77.5 Å². The van der Waals surface area contributed by atoms with Gasteiger partial charge in [-0.05, 0) is 58.0 Å². The first-order valence-corrected chi connectivity index (χ1v) is 8.39. The molecule has 1 nitrogen and oxygen atoms in total. The summed E-state index contributed by atoms with van der Waals surface area (Å²) < 4.78 is 0.969. The first-order chi connectivity index (χ1) is 10.7. The fourth-order valence-electron chi connectivity index (χ4n) is 2.80. The van der Waals surface area contributed by atoms with Crippen molar-refractivity contribution in [1.82, 2.24) is 0 Å². The van der Waals surface area contributed by atoms with Gasteiger partial charge in [-0.3, -0.25) is 0 Å². The molecule has 0 unspecified atom stereocenters. The Bertz CT molecular complexity index is 791. The SMILES string of the molecule is CCc1ccc(Cc2cccc3cc(CO)c(Br)cc23)cc1. The largest absolute Gasteiger partial charge is 0.392 e. The number of benzene rings is 3. The molecule has 3 aromatic rings. The average Bonchev–Trinajstić information content (AvgIpc) is 2.55.